The summed E-state index contributed by atoms with van der Waals surface area (Å²) < 4.78 is 1.43. The van der Waals surface area contributed by atoms with E-state index in [0.717, 1.165) is 11.3 Å². The van der Waals surface area contributed by atoms with Crippen LogP contribution in [0.2, 0.25) is 0 Å². The van der Waals surface area contributed by atoms with Gasteiger partial charge >= 0.3 is 0 Å². The Morgan fingerprint density at radius 3 is 2.64 bits per heavy atom. The van der Waals surface area contributed by atoms with Gasteiger partial charge in [-0.1, -0.05) is 36.4 Å². The van der Waals surface area contributed by atoms with Gasteiger partial charge in [0.25, 0.3) is 0 Å². The molecule has 7 heteroatoms. The fourth-order valence-corrected chi connectivity index (χ4v) is 2.12. The van der Waals surface area contributed by atoms with E-state index in [1.54, 1.807) is 6.20 Å². The van der Waals surface area contributed by atoms with Crippen molar-refractivity contribution >= 4 is 5.91 Å². The van der Waals surface area contributed by atoms with Gasteiger partial charge in [-0.25, -0.2) is 4.68 Å². The van der Waals surface area contributed by atoms with Gasteiger partial charge in [-0.3, -0.25) is 9.78 Å². The molecule has 110 valence electrons. The van der Waals surface area contributed by atoms with Crippen LogP contribution in [0, 0.1) is 0 Å². The van der Waals surface area contributed by atoms with Crippen molar-refractivity contribution in [3.63, 3.8) is 0 Å². The summed E-state index contributed by atoms with van der Waals surface area (Å²) in [5.74, 6) is -0.191. The molecular formula is C15H14N6O. The van der Waals surface area contributed by atoms with Crippen molar-refractivity contribution in [2.45, 2.75) is 12.6 Å². The molecule has 0 saturated heterocycles. The topological polar surface area (TPSA) is 85.6 Å². The monoisotopic (exact) mass is 294 g/mol. The molecule has 1 aromatic carbocycles. The highest BCUT2D eigenvalue weighted by Crippen LogP contribution is 2.16. The van der Waals surface area contributed by atoms with Crippen LogP contribution in [0.3, 0.4) is 0 Å². The zero-order valence-electron chi connectivity index (χ0n) is 11.7. The van der Waals surface area contributed by atoms with Crippen LogP contribution in [0.25, 0.3) is 0 Å². The van der Waals surface area contributed by atoms with Crippen LogP contribution in [0.5, 0.6) is 0 Å². The SMILES string of the molecule is O=C(NCc1ccccn1)C(c1ccccc1)n1cnnn1. The number of carbonyl (C=O) groups excluding carboxylic acids is 1. The molecule has 0 saturated carbocycles. The van der Waals surface area contributed by atoms with Crippen molar-refractivity contribution < 1.29 is 4.79 Å². The van der Waals surface area contributed by atoms with E-state index in [1.165, 1.54) is 11.0 Å². The predicted octanol–water partition coefficient (Wildman–Crippen LogP) is 0.974. The molecule has 3 aromatic rings. The van der Waals surface area contributed by atoms with Crippen molar-refractivity contribution in [2.75, 3.05) is 0 Å². The summed E-state index contributed by atoms with van der Waals surface area (Å²) in [6.07, 6.45) is 3.12. The Bertz CT molecular complexity index is 714. The largest absolute Gasteiger partial charge is 0.348 e. The summed E-state index contributed by atoms with van der Waals surface area (Å²) in [6.45, 7) is 0.352. The lowest BCUT2D eigenvalue weighted by Gasteiger charge is -2.16. The molecule has 0 aliphatic rings. The van der Waals surface area contributed by atoms with Crippen molar-refractivity contribution in [2.24, 2.45) is 0 Å². The number of nitrogens with one attached hydrogen (secondary N) is 1. The van der Waals surface area contributed by atoms with E-state index >= 15 is 0 Å². The highest BCUT2D eigenvalue weighted by Gasteiger charge is 2.23. The third kappa shape index (κ3) is 3.14. The number of rotatable bonds is 5. The minimum atomic E-state index is -0.611. The van der Waals surface area contributed by atoms with E-state index in [2.05, 4.69) is 25.8 Å². The molecule has 3 rings (SSSR count). The molecule has 0 spiro atoms. The van der Waals surface area contributed by atoms with Crippen molar-refractivity contribution in [3.8, 4) is 0 Å². The molecule has 22 heavy (non-hydrogen) atoms. The van der Waals surface area contributed by atoms with Crippen LogP contribution in [0.1, 0.15) is 17.3 Å². The number of benzene rings is 1. The smallest absolute Gasteiger partial charge is 0.249 e. The normalized spacial score (nSPS) is 11.8. The van der Waals surface area contributed by atoms with E-state index in [-0.39, 0.29) is 5.91 Å². The Morgan fingerprint density at radius 1 is 1.14 bits per heavy atom. The molecule has 0 aliphatic heterocycles. The van der Waals surface area contributed by atoms with Gasteiger partial charge in [-0.05, 0) is 28.1 Å². The number of amides is 1. The predicted molar refractivity (Wildman–Crippen MR) is 78.5 cm³/mol. The summed E-state index contributed by atoms with van der Waals surface area (Å²) in [5.41, 5.74) is 1.60. The van der Waals surface area contributed by atoms with Gasteiger partial charge in [0.05, 0.1) is 12.2 Å². The van der Waals surface area contributed by atoms with Crippen LogP contribution < -0.4 is 5.32 Å². The van der Waals surface area contributed by atoms with E-state index in [4.69, 9.17) is 0 Å². The molecule has 1 atom stereocenters. The number of aromatic nitrogens is 5. The Kier molecular flexibility index (Phi) is 4.15. The van der Waals surface area contributed by atoms with E-state index < -0.39 is 6.04 Å². The lowest BCUT2D eigenvalue weighted by Crippen LogP contribution is -2.33. The molecule has 1 amide bonds. The van der Waals surface area contributed by atoms with E-state index in [9.17, 15) is 4.79 Å². The first kappa shape index (κ1) is 13.9. The number of nitrogens with zero attached hydrogens (tertiary/aromatic N) is 5. The van der Waals surface area contributed by atoms with E-state index in [1.807, 2.05) is 48.5 Å². The summed E-state index contributed by atoms with van der Waals surface area (Å²) in [6, 6.07) is 14.3. The molecule has 0 radical (unpaired) electrons. The summed E-state index contributed by atoms with van der Waals surface area (Å²) in [4.78, 5) is 16.7. The highest BCUT2D eigenvalue weighted by atomic mass is 16.2. The lowest BCUT2D eigenvalue weighted by molar-refractivity contribution is -0.123. The van der Waals surface area contributed by atoms with Crippen LogP contribution in [0.15, 0.2) is 61.1 Å². The average Bonchev–Trinajstić information content (AvgIpc) is 3.09. The van der Waals surface area contributed by atoms with Gasteiger partial charge in [-0.15, -0.1) is 5.10 Å². The van der Waals surface area contributed by atoms with Gasteiger partial charge in [0.2, 0.25) is 5.91 Å². The van der Waals surface area contributed by atoms with E-state index in [0.29, 0.717) is 6.54 Å². The second-order valence-corrected chi connectivity index (χ2v) is 4.64. The molecule has 2 heterocycles. The molecule has 0 aliphatic carbocycles. The molecule has 0 fully saturated rings. The van der Waals surface area contributed by atoms with Crippen LogP contribution in [-0.2, 0) is 11.3 Å². The molecule has 0 bridgehead atoms. The second kappa shape index (κ2) is 6.57. The first-order valence-corrected chi connectivity index (χ1v) is 6.79. The van der Waals surface area contributed by atoms with Crippen LogP contribution in [0.4, 0.5) is 0 Å². The fourth-order valence-electron chi connectivity index (χ4n) is 2.12. The number of tetrazole rings is 1. The molecule has 2 aromatic heterocycles. The number of hydrogen-bond acceptors (Lipinski definition) is 5. The number of hydrogen-bond donors (Lipinski definition) is 1. The first-order valence-electron chi connectivity index (χ1n) is 6.79. The van der Waals surface area contributed by atoms with Gasteiger partial charge < -0.3 is 5.32 Å². The van der Waals surface area contributed by atoms with Crippen LogP contribution >= 0.6 is 0 Å². The second-order valence-electron chi connectivity index (χ2n) is 4.64. The third-order valence-electron chi connectivity index (χ3n) is 3.16. The quantitative estimate of drug-likeness (QED) is 0.758. The number of pyridine rings is 1. The Balaban J connectivity index is 1.79. The Hall–Kier alpha value is -3.09. The number of carbonyl (C=O) groups is 1. The fraction of sp³-hybridized carbons (Fsp3) is 0.133. The average molecular weight is 294 g/mol. The Labute approximate surface area is 127 Å². The first-order chi connectivity index (χ1) is 10.8. The maximum atomic E-state index is 12.6. The zero-order chi connectivity index (χ0) is 15.2. The Morgan fingerprint density at radius 2 is 1.95 bits per heavy atom. The zero-order valence-corrected chi connectivity index (χ0v) is 11.7. The summed E-state index contributed by atoms with van der Waals surface area (Å²) in [7, 11) is 0. The molecule has 7 nitrogen and oxygen atoms in total. The van der Waals surface area contributed by atoms with Crippen molar-refractivity contribution in [1.82, 2.24) is 30.5 Å². The maximum Gasteiger partial charge on any atom is 0.249 e. The summed E-state index contributed by atoms with van der Waals surface area (Å²) in [5, 5.41) is 13.9. The van der Waals surface area contributed by atoms with Crippen molar-refractivity contribution in [1.29, 1.82) is 0 Å². The van der Waals surface area contributed by atoms with Crippen molar-refractivity contribution in [3.05, 3.63) is 72.3 Å². The third-order valence-corrected chi connectivity index (χ3v) is 3.16. The minimum absolute atomic E-state index is 0.191. The van der Waals surface area contributed by atoms with Gasteiger partial charge in [-0.2, -0.15) is 0 Å². The van der Waals surface area contributed by atoms with Gasteiger partial charge in [0, 0.05) is 6.20 Å². The van der Waals surface area contributed by atoms with Gasteiger partial charge in [0.1, 0.15) is 6.33 Å². The maximum absolute atomic E-state index is 12.6. The minimum Gasteiger partial charge on any atom is -0.348 e. The molecule has 1 unspecified atom stereocenters. The molecular weight excluding hydrogens is 280 g/mol. The highest BCUT2D eigenvalue weighted by molar-refractivity contribution is 5.83. The molecule has 1 N–H and O–H groups in total. The standard InChI is InChI=1S/C15H14N6O/c22-15(17-10-13-8-4-5-9-16-13)14(21-11-18-19-20-21)12-6-2-1-3-7-12/h1-9,11,14H,10H2,(H,17,22). The lowest BCUT2D eigenvalue weighted by atomic mass is 10.1. The van der Waals surface area contributed by atoms with Gasteiger partial charge in [0.15, 0.2) is 6.04 Å². The van der Waals surface area contributed by atoms with Crippen LogP contribution in [-0.4, -0.2) is 31.1 Å². The summed E-state index contributed by atoms with van der Waals surface area (Å²) >= 11 is 0.